The zero-order valence-corrected chi connectivity index (χ0v) is 13.7. The molecule has 2 rings (SSSR count). The third kappa shape index (κ3) is 4.38. The van der Waals surface area contributed by atoms with E-state index < -0.39 is 0 Å². The van der Waals surface area contributed by atoms with Crippen LogP contribution in [0.15, 0.2) is 6.20 Å². The van der Waals surface area contributed by atoms with Crippen molar-refractivity contribution in [2.75, 3.05) is 33.8 Å². The monoisotopic (exact) mass is 292 g/mol. The lowest BCUT2D eigenvalue weighted by atomic mass is 9.92. The normalized spacial score (nSPS) is 18.0. The minimum absolute atomic E-state index is 0.418. The highest BCUT2D eigenvalue weighted by molar-refractivity contribution is 5.28. The molecule has 0 aromatic carbocycles. The molecule has 0 amide bonds. The fraction of sp³-hybridized carbons (Fsp3) is 0.750. The number of hydrogen-bond acceptors (Lipinski definition) is 5. The van der Waals surface area contributed by atoms with Gasteiger partial charge in [-0.1, -0.05) is 6.92 Å². The van der Waals surface area contributed by atoms with E-state index in [-0.39, 0.29) is 0 Å². The quantitative estimate of drug-likeness (QED) is 0.869. The van der Waals surface area contributed by atoms with Gasteiger partial charge in [0.1, 0.15) is 12.4 Å². The highest BCUT2D eigenvalue weighted by Crippen LogP contribution is 2.31. The molecular weight excluding hydrogens is 264 g/mol. The molecule has 0 radical (unpaired) electrons. The lowest BCUT2D eigenvalue weighted by Crippen LogP contribution is -2.33. The number of nitrogens with zero attached hydrogens (tertiary/aromatic N) is 3. The number of aryl methyl sites for hydroxylation is 1. The van der Waals surface area contributed by atoms with E-state index in [1.54, 1.807) is 0 Å². The number of ether oxygens (including phenoxy) is 1. The summed E-state index contributed by atoms with van der Waals surface area (Å²) in [6.07, 6.45) is 5.30. The first-order chi connectivity index (χ1) is 10.1. The molecule has 0 spiro atoms. The Kier molecular flexibility index (Phi) is 5.94. The van der Waals surface area contributed by atoms with E-state index in [0.717, 1.165) is 44.1 Å². The van der Waals surface area contributed by atoms with Gasteiger partial charge in [0, 0.05) is 17.8 Å². The van der Waals surface area contributed by atoms with Crippen molar-refractivity contribution in [2.24, 2.45) is 0 Å². The van der Waals surface area contributed by atoms with Crippen molar-refractivity contribution in [1.82, 2.24) is 20.2 Å². The lowest BCUT2D eigenvalue weighted by molar-refractivity contribution is 0.174. The average Bonchev–Trinajstić information content (AvgIpc) is 2.48. The van der Waals surface area contributed by atoms with E-state index in [4.69, 9.17) is 4.74 Å². The van der Waals surface area contributed by atoms with Gasteiger partial charge in [-0.2, -0.15) is 4.98 Å². The molecule has 1 saturated heterocycles. The predicted octanol–water partition coefficient (Wildman–Crippen LogP) is 1.97. The second-order valence-corrected chi connectivity index (χ2v) is 6.04. The first-order valence-electron chi connectivity index (χ1n) is 7.95. The molecule has 5 nitrogen and oxygen atoms in total. The second kappa shape index (κ2) is 7.71. The van der Waals surface area contributed by atoms with Crippen LogP contribution in [0.5, 0.6) is 5.88 Å². The number of piperidine rings is 1. The van der Waals surface area contributed by atoms with Gasteiger partial charge in [0.05, 0.1) is 0 Å². The second-order valence-electron chi connectivity index (χ2n) is 6.04. The molecule has 0 aliphatic carbocycles. The summed E-state index contributed by atoms with van der Waals surface area (Å²) in [5.74, 6) is 2.08. The Balaban J connectivity index is 2.11. The van der Waals surface area contributed by atoms with Crippen molar-refractivity contribution in [3.8, 4) is 5.88 Å². The van der Waals surface area contributed by atoms with E-state index in [2.05, 4.69) is 41.2 Å². The summed E-state index contributed by atoms with van der Waals surface area (Å²) in [4.78, 5) is 11.1. The minimum Gasteiger partial charge on any atom is -0.476 e. The molecule has 1 aromatic rings. The predicted molar refractivity (Wildman–Crippen MR) is 84.9 cm³/mol. The van der Waals surface area contributed by atoms with Crippen LogP contribution in [0.25, 0.3) is 0 Å². The van der Waals surface area contributed by atoms with Crippen molar-refractivity contribution in [1.29, 1.82) is 0 Å². The van der Waals surface area contributed by atoms with E-state index in [1.807, 2.05) is 13.1 Å². The standard InChI is InChI=1S/C16H28N4O/c1-5-14(20(3)4)11-21-16-15(10-18-12(2)19-16)13-6-8-17-9-7-13/h10,13-14,17H,5-9,11H2,1-4H3/t14-/m1/s1. The van der Waals surface area contributed by atoms with E-state index in [9.17, 15) is 0 Å². The third-order valence-corrected chi connectivity index (χ3v) is 4.29. The van der Waals surface area contributed by atoms with Crippen molar-refractivity contribution in [2.45, 2.75) is 45.1 Å². The smallest absolute Gasteiger partial charge is 0.220 e. The van der Waals surface area contributed by atoms with Gasteiger partial charge in [0.25, 0.3) is 0 Å². The van der Waals surface area contributed by atoms with Crippen LogP contribution >= 0.6 is 0 Å². The SMILES string of the molecule is CC[C@H](COc1nc(C)ncc1C1CCNCC1)N(C)C. The number of likely N-dealkylation sites (N-methyl/N-ethyl adjacent to an activating group) is 1. The van der Waals surface area contributed by atoms with Gasteiger partial charge < -0.3 is 15.0 Å². The van der Waals surface area contributed by atoms with Crippen LogP contribution in [0.1, 0.15) is 43.5 Å². The molecule has 1 fully saturated rings. The third-order valence-electron chi connectivity index (χ3n) is 4.29. The number of aromatic nitrogens is 2. The summed E-state index contributed by atoms with van der Waals surface area (Å²) in [6.45, 7) is 6.91. The lowest BCUT2D eigenvalue weighted by Gasteiger charge is -2.26. The van der Waals surface area contributed by atoms with E-state index >= 15 is 0 Å². The molecule has 0 unspecified atom stereocenters. The van der Waals surface area contributed by atoms with Gasteiger partial charge in [0.2, 0.25) is 5.88 Å². The fourth-order valence-electron chi connectivity index (χ4n) is 2.79. The highest BCUT2D eigenvalue weighted by atomic mass is 16.5. The van der Waals surface area contributed by atoms with E-state index in [1.165, 1.54) is 5.56 Å². The summed E-state index contributed by atoms with van der Waals surface area (Å²) >= 11 is 0. The van der Waals surface area contributed by atoms with Gasteiger partial charge in [-0.3, -0.25) is 0 Å². The van der Waals surface area contributed by atoms with Gasteiger partial charge in [-0.15, -0.1) is 0 Å². The molecule has 2 heterocycles. The summed E-state index contributed by atoms with van der Waals surface area (Å²) in [5.41, 5.74) is 1.18. The summed E-state index contributed by atoms with van der Waals surface area (Å²) in [6, 6.07) is 0.418. The molecule has 118 valence electrons. The molecule has 1 atom stereocenters. The molecule has 5 heteroatoms. The Morgan fingerprint density at radius 3 is 2.71 bits per heavy atom. The van der Waals surface area contributed by atoms with Crippen molar-refractivity contribution in [3.63, 3.8) is 0 Å². The Bertz CT molecular complexity index is 444. The van der Waals surface area contributed by atoms with Gasteiger partial charge in [0.15, 0.2) is 0 Å². The zero-order chi connectivity index (χ0) is 15.2. The van der Waals surface area contributed by atoms with Crippen molar-refractivity contribution >= 4 is 0 Å². The Morgan fingerprint density at radius 2 is 2.10 bits per heavy atom. The number of nitrogens with one attached hydrogen (secondary N) is 1. The molecule has 1 N–H and O–H groups in total. The highest BCUT2D eigenvalue weighted by Gasteiger charge is 2.21. The van der Waals surface area contributed by atoms with Gasteiger partial charge >= 0.3 is 0 Å². The molecule has 21 heavy (non-hydrogen) atoms. The first kappa shape index (κ1) is 16.2. The molecule has 1 aliphatic rings. The number of rotatable bonds is 6. The molecule has 1 aliphatic heterocycles. The largest absolute Gasteiger partial charge is 0.476 e. The van der Waals surface area contributed by atoms with Crippen molar-refractivity contribution < 1.29 is 4.74 Å². The summed E-state index contributed by atoms with van der Waals surface area (Å²) in [5, 5.41) is 3.40. The van der Waals surface area contributed by atoms with Crippen LogP contribution < -0.4 is 10.1 Å². The van der Waals surface area contributed by atoms with Gasteiger partial charge in [-0.05, 0) is 59.3 Å². The minimum atomic E-state index is 0.418. The summed E-state index contributed by atoms with van der Waals surface area (Å²) in [7, 11) is 4.19. The zero-order valence-electron chi connectivity index (χ0n) is 13.7. The van der Waals surface area contributed by atoms with Gasteiger partial charge in [-0.25, -0.2) is 4.98 Å². The molecular formula is C16H28N4O. The summed E-state index contributed by atoms with van der Waals surface area (Å²) < 4.78 is 6.07. The first-order valence-corrected chi connectivity index (χ1v) is 7.95. The van der Waals surface area contributed by atoms with Crippen LogP contribution in [0, 0.1) is 6.92 Å². The maximum atomic E-state index is 6.07. The van der Waals surface area contributed by atoms with Crippen LogP contribution in [-0.2, 0) is 0 Å². The number of hydrogen-bond donors (Lipinski definition) is 1. The average molecular weight is 292 g/mol. The maximum Gasteiger partial charge on any atom is 0.220 e. The molecule has 1 aromatic heterocycles. The van der Waals surface area contributed by atoms with Crippen LogP contribution in [0.2, 0.25) is 0 Å². The fourth-order valence-corrected chi connectivity index (χ4v) is 2.79. The topological polar surface area (TPSA) is 50.3 Å². The van der Waals surface area contributed by atoms with E-state index in [0.29, 0.717) is 18.6 Å². The Morgan fingerprint density at radius 1 is 1.38 bits per heavy atom. The Hall–Kier alpha value is -1.20. The van der Waals surface area contributed by atoms with Crippen molar-refractivity contribution in [3.05, 3.63) is 17.6 Å². The molecule has 0 bridgehead atoms. The maximum absolute atomic E-state index is 6.07. The van der Waals surface area contributed by atoms with Crippen LogP contribution in [0.4, 0.5) is 0 Å². The van der Waals surface area contributed by atoms with Crippen LogP contribution in [0.3, 0.4) is 0 Å². The molecule has 0 saturated carbocycles. The Labute approximate surface area is 128 Å². The van der Waals surface area contributed by atoms with Crippen LogP contribution in [-0.4, -0.2) is 54.7 Å².